The number of fused-ring (bicyclic) bond motifs is 1. The third-order valence-electron chi connectivity index (χ3n) is 3.32. The van der Waals surface area contributed by atoms with Gasteiger partial charge in [0.1, 0.15) is 0 Å². The van der Waals surface area contributed by atoms with E-state index in [0.29, 0.717) is 12.0 Å². The van der Waals surface area contributed by atoms with E-state index < -0.39 is 0 Å². The zero-order valence-corrected chi connectivity index (χ0v) is 10.1. The first-order valence-electron chi connectivity index (χ1n) is 6.13. The lowest BCUT2D eigenvalue weighted by molar-refractivity contribution is 0.544. The van der Waals surface area contributed by atoms with E-state index in [1.165, 1.54) is 23.9 Å². The van der Waals surface area contributed by atoms with Crippen LogP contribution in [-0.4, -0.2) is 9.78 Å². The quantitative estimate of drug-likeness (QED) is 0.786. The molecule has 1 aliphatic carbocycles. The molecule has 0 aliphatic heterocycles. The van der Waals surface area contributed by atoms with Crippen LogP contribution >= 0.6 is 0 Å². The zero-order valence-electron chi connectivity index (χ0n) is 10.1. The van der Waals surface area contributed by atoms with Crippen LogP contribution in [0.5, 0.6) is 0 Å². The molecule has 1 aromatic heterocycles. The van der Waals surface area contributed by atoms with Crippen LogP contribution < -0.4 is 0 Å². The van der Waals surface area contributed by atoms with Crippen LogP contribution in [-0.2, 0) is 0 Å². The highest BCUT2D eigenvalue weighted by atomic mass is 15.3. The summed E-state index contributed by atoms with van der Waals surface area (Å²) in [5.74, 6) is 0.617. The largest absolute Gasteiger partial charge is 0.262 e. The van der Waals surface area contributed by atoms with Gasteiger partial charge in [-0.15, -0.1) is 0 Å². The topological polar surface area (TPSA) is 41.6 Å². The average molecular weight is 225 g/mol. The molecule has 1 saturated carbocycles. The molecule has 0 saturated heterocycles. The minimum atomic E-state index is 0.359. The summed E-state index contributed by atoms with van der Waals surface area (Å²) in [6.45, 7) is 4.28. The van der Waals surface area contributed by atoms with Gasteiger partial charge in [0, 0.05) is 17.3 Å². The van der Waals surface area contributed by atoms with Crippen LogP contribution in [0, 0.1) is 11.3 Å². The highest BCUT2D eigenvalue weighted by Crippen LogP contribution is 2.43. The minimum absolute atomic E-state index is 0.359. The number of hydrogen-bond donors (Lipinski definition) is 0. The summed E-state index contributed by atoms with van der Waals surface area (Å²) >= 11 is 0. The first-order chi connectivity index (χ1) is 8.20. The average Bonchev–Trinajstić information content (AvgIpc) is 3.09. The van der Waals surface area contributed by atoms with Gasteiger partial charge in [-0.1, -0.05) is 0 Å². The summed E-state index contributed by atoms with van der Waals surface area (Å²) < 4.78 is 2.07. The Morgan fingerprint density at radius 3 is 2.76 bits per heavy atom. The van der Waals surface area contributed by atoms with Gasteiger partial charge < -0.3 is 0 Å². The summed E-state index contributed by atoms with van der Waals surface area (Å²) in [7, 11) is 0. The van der Waals surface area contributed by atoms with Gasteiger partial charge in [0.15, 0.2) is 0 Å². The highest BCUT2D eigenvalue weighted by Gasteiger charge is 2.29. The van der Waals surface area contributed by atoms with Crippen LogP contribution in [0.25, 0.3) is 10.9 Å². The van der Waals surface area contributed by atoms with Gasteiger partial charge >= 0.3 is 0 Å². The third kappa shape index (κ3) is 1.61. The van der Waals surface area contributed by atoms with Crippen molar-refractivity contribution >= 4 is 10.9 Å². The fourth-order valence-corrected chi connectivity index (χ4v) is 2.29. The molecular formula is C14H15N3. The van der Waals surface area contributed by atoms with Gasteiger partial charge in [0.05, 0.1) is 22.8 Å². The Balaban J connectivity index is 2.28. The van der Waals surface area contributed by atoms with E-state index in [1.807, 2.05) is 18.2 Å². The highest BCUT2D eigenvalue weighted by molar-refractivity contribution is 5.84. The molecule has 1 aromatic carbocycles. The number of nitrogens with zero attached hydrogens (tertiary/aromatic N) is 3. The van der Waals surface area contributed by atoms with E-state index in [2.05, 4.69) is 24.6 Å². The Morgan fingerprint density at radius 1 is 1.41 bits per heavy atom. The molecule has 0 unspecified atom stereocenters. The zero-order chi connectivity index (χ0) is 12.0. The molecule has 3 rings (SSSR count). The SMILES string of the molecule is CC(C)n1nc(C2CC2)c2cc(C#N)ccc21. The lowest BCUT2D eigenvalue weighted by Crippen LogP contribution is -2.02. The van der Waals surface area contributed by atoms with E-state index in [1.54, 1.807) is 0 Å². The fourth-order valence-electron chi connectivity index (χ4n) is 2.29. The third-order valence-corrected chi connectivity index (χ3v) is 3.32. The standard InChI is InChI=1S/C14H15N3/c1-9(2)17-13-6-3-10(8-15)7-12(13)14(16-17)11-4-5-11/h3,6-7,9,11H,4-5H2,1-2H3. The van der Waals surface area contributed by atoms with Gasteiger partial charge in [-0.3, -0.25) is 4.68 Å². The van der Waals surface area contributed by atoms with Crippen molar-refractivity contribution in [1.29, 1.82) is 5.26 Å². The number of nitriles is 1. The first kappa shape index (κ1) is 10.3. The second-order valence-corrected chi connectivity index (χ2v) is 5.04. The maximum atomic E-state index is 8.98. The lowest BCUT2D eigenvalue weighted by Gasteiger charge is -2.06. The molecule has 0 N–H and O–H groups in total. The number of hydrogen-bond acceptors (Lipinski definition) is 2. The molecule has 0 amide bonds. The Hall–Kier alpha value is -1.82. The van der Waals surface area contributed by atoms with Crippen LogP contribution in [0.2, 0.25) is 0 Å². The van der Waals surface area contributed by atoms with Crippen molar-refractivity contribution in [2.45, 2.75) is 38.6 Å². The van der Waals surface area contributed by atoms with Crippen molar-refractivity contribution in [1.82, 2.24) is 9.78 Å². The fraction of sp³-hybridized carbons (Fsp3) is 0.429. The molecule has 86 valence electrons. The van der Waals surface area contributed by atoms with Gasteiger partial charge in [-0.05, 0) is 44.9 Å². The molecule has 1 fully saturated rings. The van der Waals surface area contributed by atoms with Crippen molar-refractivity contribution in [2.24, 2.45) is 0 Å². The second kappa shape index (κ2) is 3.59. The molecule has 0 spiro atoms. The predicted molar refractivity (Wildman–Crippen MR) is 66.8 cm³/mol. The van der Waals surface area contributed by atoms with Gasteiger partial charge in [-0.25, -0.2) is 0 Å². The van der Waals surface area contributed by atoms with Crippen molar-refractivity contribution in [2.75, 3.05) is 0 Å². The van der Waals surface area contributed by atoms with Gasteiger partial charge in [-0.2, -0.15) is 10.4 Å². The Bertz CT molecular complexity index is 612. The number of benzene rings is 1. The maximum absolute atomic E-state index is 8.98. The minimum Gasteiger partial charge on any atom is -0.262 e. The molecule has 0 atom stereocenters. The predicted octanol–water partition coefficient (Wildman–Crippen LogP) is 3.37. The first-order valence-corrected chi connectivity index (χ1v) is 6.13. The molecule has 17 heavy (non-hydrogen) atoms. The maximum Gasteiger partial charge on any atom is 0.0991 e. The van der Waals surface area contributed by atoms with E-state index >= 15 is 0 Å². The summed E-state index contributed by atoms with van der Waals surface area (Å²) in [6.07, 6.45) is 2.47. The van der Waals surface area contributed by atoms with Crippen molar-refractivity contribution < 1.29 is 0 Å². The summed E-state index contributed by atoms with van der Waals surface area (Å²) in [6, 6.07) is 8.44. The molecule has 1 heterocycles. The monoisotopic (exact) mass is 225 g/mol. The summed E-state index contributed by atoms with van der Waals surface area (Å²) in [5, 5.41) is 14.9. The smallest absolute Gasteiger partial charge is 0.0991 e. The van der Waals surface area contributed by atoms with Gasteiger partial charge in [0.25, 0.3) is 0 Å². The molecule has 1 aliphatic rings. The second-order valence-electron chi connectivity index (χ2n) is 5.04. The van der Waals surface area contributed by atoms with Crippen molar-refractivity contribution in [3.63, 3.8) is 0 Å². The van der Waals surface area contributed by atoms with Crippen LogP contribution in [0.1, 0.15) is 49.9 Å². The Morgan fingerprint density at radius 2 is 2.18 bits per heavy atom. The lowest BCUT2D eigenvalue weighted by atomic mass is 10.1. The molecule has 3 nitrogen and oxygen atoms in total. The van der Waals surface area contributed by atoms with Crippen molar-refractivity contribution in [3.8, 4) is 6.07 Å². The van der Waals surface area contributed by atoms with Crippen LogP contribution in [0.15, 0.2) is 18.2 Å². The number of aromatic nitrogens is 2. The summed E-state index contributed by atoms with van der Waals surface area (Å²) in [4.78, 5) is 0. The van der Waals surface area contributed by atoms with Crippen molar-refractivity contribution in [3.05, 3.63) is 29.5 Å². The molecule has 0 bridgehead atoms. The van der Waals surface area contributed by atoms with Crippen LogP contribution in [0.3, 0.4) is 0 Å². The Kier molecular flexibility index (Phi) is 2.19. The normalized spacial score (nSPS) is 15.4. The summed E-state index contributed by atoms with van der Waals surface area (Å²) in [5.41, 5.74) is 3.06. The Labute approximate surface area is 101 Å². The molecule has 2 aromatic rings. The van der Waals surface area contributed by atoms with E-state index in [0.717, 1.165) is 11.1 Å². The molecular weight excluding hydrogens is 210 g/mol. The van der Waals surface area contributed by atoms with E-state index in [9.17, 15) is 0 Å². The van der Waals surface area contributed by atoms with E-state index in [-0.39, 0.29) is 0 Å². The van der Waals surface area contributed by atoms with Crippen LogP contribution in [0.4, 0.5) is 0 Å². The van der Waals surface area contributed by atoms with E-state index in [4.69, 9.17) is 10.4 Å². The molecule has 0 radical (unpaired) electrons. The van der Waals surface area contributed by atoms with Gasteiger partial charge in [0.2, 0.25) is 0 Å². The molecule has 3 heteroatoms. The number of rotatable bonds is 2.